The lowest BCUT2D eigenvalue weighted by Gasteiger charge is -2.37. The lowest BCUT2D eigenvalue weighted by molar-refractivity contribution is 0.0296. The van der Waals surface area contributed by atoms with Crippen LogP contribution in [0.4, 0.5) is 5.82 Å². The van der Waals surface area contributed by atoms with Gasteiger partial charge in [-0.3, -0.25) is 4.90 Å². The molecule has 3 aromatic rings. The predicted molar refractivity (Wildman–Crippen MR) is 115 cm³/mol. The first-order valence-corrected chi connectivity index (χ1v) is 11.2. The molecule has 5 nitrogen and oxygen atoms in total. The number of fused-ring (bicyclic) bond motifs is 1. The first kappa shape index (κ1) is 18.0. The summed E-state index contributed by atoms with van der Waals surface area (Å²) in [4.78, 5) is 14.9. The molecule has 0 spiro atoms. The number of anilines is 1. The zero-order valence-corrected chi connectivity index (χ0v) is 16.9. The first-order chi connectivity index (χ1) is 13.9. The van der Waals surface area contributed by atoms with Gasteiger partial charge in [-0.25, -0.2) is 9.97 Å². The summed E-state index contributed by atoms with van der Waals surface area (Å²) in [6.45, 7) is 7.18. The zero-order chi connectivity index (χ0) is 18.8. The fraction of sp³-hybridized carbons (Fsp3) is 0.455. The third kappa shape index (κ3) is 3.77. The van der Waals surface area contributed by atoms with Crippen LogP contribution in [0, 0.1) is 5.92 Å². The number of hydrogen-bond acceptors (Lipinski definition) is 6. The molecule has 1 unspecified atom stereocenters. The van der Waals surface area contributed by atoms with Crippen LogP contribution in [0.25, 0.3) is 22.3 Å². The molecule has 2 aliphatic rings. The highest BCUT2D eigenvalue weighted by Gasteiger charge is 2.25. The highest BCUT2D eigenvalue weighted by atomic mass is 32.1. The van der Waals surface area contributed by atoms with E-state index in [9.17, 15) is 0 Å². The SMILES string of the molecule is c1ccc2c(N3CCCC(CN4CCOCC4)C3)nc(-c3ccsc3)nc2c1. The third-order valence-corrected chi connectivity index (χ3v) is 6.48. The Bertz CT molecular complexity index is 923. The van der Waals surface area contributed by atoms with E-state index in [-0.39, 0.29) is 0 Å². The van der Waals surface area contributed by atoms with Gasteiger partial charge in [0.05, 0.1) is 18.7 Å². The van der Waals surface area contributed by atoms with Crippen molar-refractivity contribution in [3.8, 4) is 11.4 Å². The molecular formula is C22H26N4OS. The second-order valence-electron chi connectivity index (χ2n) is 7.77. The van der Waals surface area contributed by atoms with Crippen molar-refractivity contribution in [1.82, 2.24) is 14.9 Å². The van der Waals surface area contributed by atoms with Crippen molar-refractivity contribution in [1.29, 1.82) is 0 Å². The number of ether oxygens (including phenoxy) is 1. The average molecular weight is 395 g/mol. The van der Waals surface area contributed by atoms with Gasteiger partial charge in [0.1, 0.15) is 5.82 Å². The van der Waals surface area contributed by atoms with Crippen molar-refractivity contribution in [3.63, 3.8) is 0 Å². The lowest BCUT2D eigenvalue weighted by atomic mass is 9.97. The Hall–Kier alpha value is -2.02. The van der Waals surface area contributed by atoms with Crippen LogP contribution in [0.3, 0.4) is 0 Å². The Morgan fingerprint density at radius 3 is 2.82 bits per heavy atom. The van der Waals surface area contributed by atoms with Crippen LogP contribution in [0.1, 0.15) is 12.8 Å². The molecule has 146 valence electrons. The van der Waals surface area contributed by atoms with E-state index < -0.39 is 0 Å². The minimum absolute atomic E-state index is 0.685. The van der Waals surface area contributed by atoms with E-state index in [1.54, 1.807) is 11.3 Å². The second-order valence-corrected chi connectivity index (χ2v) is 8.55. The topological polar surface area (TPSA) is 41.5 Å². The van der Waals surface area contributed by atoms with E-state index in [2.05, 4.69) is 50.9 Å². The molecular weight excluding hydrogens is 368 g/mol. The van der Waals surface area contributed by atoms with Crippen molar-refractivity contribution in [2.24, 2.45) is 5.92 Å². The molecule has 1 atom stereocenters. The van der Waals surface area contributed by atoms with Gasteiger partial charge >= 0.3 is 0 Å². The largest absolute Gasteiger partial charge is 0.379 e. The molecule has 0 aliphatic carbocycles. The number of benzene rings is 1. The van der Waals surface area contributed by atoms with Crippen molar-refractivity contribution in [2.45, 2.75) is 12.8 Å². The summed E-state index contributed by atoms with van der Waals surface area (Å²) < 4.78 is 5.51. The standard InChI is InChI=1S/C22H26N4OS/c1-2-6-20-19(5-1)22(24-21(23-20)18-7-13-28-16-18)26-8-3-4-17(15-26)14-25-9-11-27-12-10-25/h1-2,5-7,13,16-17H,3-4,8-12,14-15H2. The van der Waals surface area contributed by atoms with Gasteiger partial charge in [0, 0.05) is 49.1 Å². The quantitative estimate of drug-likeness (QED) is 0.671. The van der Waals surface area contributed by atoms with Gasteiger partial charge in [0.15, 0.2) is 5.82 Å². The van der Waals surface area contributed by atoms with Crippen LogP contribution in [0.5, 0.6) is 0 Å². The molecule has 2 aliphatic heterocycles. The lowest BCUT2D eigenvalue weighted by Crippen LogP contribution is -2.44. The van der Waals surface area contributed by atoms with E-state index in [4.69, 9.17) is 14.7 Å². The maximum Gasteiger partial charge on any atom is 0.162 e. The maximum atomic E-state index is 5.51. The molecule has 5 rings (SSSR count). The number of piperidine rings is 1. The number of thiophene rings is 1. The van der Waals surface area contributed by atoms with Crippen LogP contribution in [-0.4, -0.2) is 60.8 Å². The summed E-state index contributed by atoms with van der Waals surface area (Å²) in [6, 6.07) is 10.5. The fourth-order valence-corrected chi connectivity index (χ4v) is 5.01. The Kier molecular flexibility index (Phi) is 5.25. The number of nitrogens with zero attached hydrogens (tertiary/aromatic N) is 4. The molecule has 2 saturated heterocycles. The minimum Gasteiger partial charge on any atom is -0.379 e. The molecule has 2 fully saturated rings. The average Bonchev–Trinajstić information content (AvgIpc) is 3.29. The highest BCUT2D eigenvalue weighted by Crippen LogP contribution is 2.31. The molecule has 28 heavy (non-hydrogen) atoms. The molecule has 1 aromatic carbocycles. The summed E-state index contributed by atoms with van der Waals surface area (Å²) in [5.74, 6) is 2.62. The Balaban J connectivity index is 1.44. The summed E-state index contributed by atoms with van der Waals surface area (Å²) >= 11 is 1.69. The molecule has 0 amide bonds. The second kappa shape index (κ2) is 8.15. The van der Waals surface area contributed by atoms with Crippen LogP contribution in [0.2, 0.25) is 0 Å². The normalized spacial score (nSPS) is 21.3. The molecule has 4 heterocycles. The van der Waals surface area contributed by atoms with E-state index in [1.165, 1.54) is 19.4 Å². The van der Waals surface area contributed by atoms with Gasteiger partial charge in [-0.2, -0.15) is 11.3 Å². The van der Waals surface area contributed by atoms with E-state index in [1.807, 2.05) is 0 Å². The van der Waals surface area contributed by atoms with Gasteiger partial charge in [-0.05, 0) is 42.3 Å². The molecule has 0 N–H and O–H groups in total. The number of morpholine rings is 1. The van der Waals surface area contributed by atoms with Crippen molar-refractivity contribution < 1.29 is 4.74 Å². The van der Waals surface area contributed by atoms with E-state index in [0.29, 0.717) is 5.92 Å². The predicted octanol–water partition coefficient (Wildman–Crippen LogP) is 3.91. The molecule has 2 aromatic heterocycles. The van der Waals surface area contributed by atoms with Gasteiger partial charge in [0.25, 0.3) is 0 Å². The van der Waals surface area contributed by atoms with Gasteiger partial charge in [-0.1, -0.05) is 12.1 Å². The van der Waals surface area contributed by atoms with Gasteiger partial charge < -0.3 is 9.64 Å². The number of aromatic nitrogens is 2. The first-order valence-electron chi connectivity index (χ1n) is 10.2. The zero-order valence-electron chi connectivity index (χ0n) is 16.1. The number of hydrogen-bond donors (Lipinski definition) is 0. The molecule has 0 bridgehead atoms. The van der Waals surface area contributed by atoms with Crippen LogP contribution in [-0.2, 0) is 4.74 Å². The van der Waals surface area contributed by atoms with Crippen molar-refractivity contribution in [3.05, 3.63) is 41.1 Å². The van der Waals surface area contributed by atoms with Crippen LogP contribution < -0.4 is 4.90 Å². The van der Waals surface area contributed by atoms with Crippen LogP contribution in [0.15, 0.2) is 41.1 Å². The van der Waals surface area contributed by atoms with Gasteiger partial charge in [0.2, 0.25) is 0 Å². The highest BCUT2D eigenvalue weighted by molar-refractivity contribution is 7.08. The van der Waals surface area contributed by atoms with Gasteiger partial charge in [-0.15, -0.1) is 0 Å². The number of rotatable bonds is 4. The molecule has 6 heteroatoms. The number of para-hydroxylation sites is 1. The summed E-state index contributed by atoms with van der Waals surface area (Å²) in [6.07, 6.45) is 2.52. The monoisotopic (exact) mass is 394 g/mol. The Labute approximate surface area is 170 Å². The van der Waals surface area contributed by atoms with Crippen LogP contribution >= 0.6 is 11.3 Å². The Morgan fingerprint density at radius 1 is 1.07 bits per heavy atom. The van der Waals surface area contributed by atoms with Crippen molar-refractivity contribution in [2.75, 3.05) is 50.8 Å². The minimum atomic E-state index is 0.685. The fourth-order valence-electron chi connectivity index (χ4n) is 4.38. The molecule has 0 radical (unpaired) electrons. The summed E-state index contributed by atoms with van der Waals surface area (Å²) in [7, 11) is 0. The maximum absolute atomic E-state index is 5.51. The van der Waals surface area contributed by atoms with E-state index >= 15 is 0 Å². The summed E-state index contributed by atoms with van der Waals surface area (Å²) in [5.41, 5.74) is 2.14. The van der Waals surface area contributed by atoms with Crippen molar-refractivity contribution >= 4 is 28.1 Å². The smallest absolute Gasteiger partial charge is 0.162 e. The summed E-state index contributed by atoms with van der Waals surface area (Å²) in [5, 5.41) is 5.38. The third-order valence-electron chi connectivity index (χ3n) is 5.80. The molecule has 0 saturated carbocycles. The van der Waals surface area contributed by atoms with E-state index in [0.717, 1.165) is 67.5 Å². The Morgan fingerprint density at radius 2 is 1.96 bits per heavy atom.